The molecule has 1 aromatic rings. The fourth-order valence-corrected chi connectivity index (χ4v) is 3.18. The number of nitrogens with zero attached hydrogens (tertiary/aromatic N) is 1. The molecule has 0 bridgehead atoms. The molecule has 3 rings (SSSR count). The van der Waals surface area contributed by atoms with Crippen LogP contribution < -0.4 is 15.5 Å². The first-order valence-electron chi connectivity index (χ1n) is 8.19. The molecule has 24 heavy (non-hydrogen) atoms. The van der Waals surface area contributed by atoms with Gasteiger partial charge in [-0.3, -0.25) is 19.8 Å². The van der Waals surface area contributed by atoms with E-state index >= 15 is 0 Å². The zero-order chi connectivity index (χ0) is 17.2. The Hall–Kier alpha value is -2.41. The second-order valence-corrected chi connectivity index (χ2v) is 6.45. The quantitative estimate of drug-likeness (QED) is 0.721. The van der Waals surface area contributed by atoms with E-state index in [1.165, 1.54) is 4.90 Å². The standard InChI is InChI=1S/C17H21N3O4/c21-14-10-20(16(23)19-14)13-6-4-12(5-7-13)15(22)18-11-17(24)8-2-1-3-9-17/h4-7,24H,1-3,8-11H2,(H,18,22)(H,19,21,23). The third-order valence-corrected chi connectivity index (χ3v) is 4.60. The molecule has 0 aromatic heterocycles. The minimum atomic E-state index is -0.804. The lowest BCUT2D eigenvalue weighted by molar-refractivity contribution is -0.117. The SMILES string of the molecule is O=C1CN(c2ccc(C(=O)NCC3(O)CCCCC3)cc2)C(=O)N1. The van der Waals surface area contributed by atoms with Crippen molar-refractivity contribution >= 4 is 23.5 Å². The summed E-state index contributed by atoms with van der Waals surface area (Å²) in [5.41, 5.74) is 0.201. The Morgan fingerprint density at radius 2 is 1.83 bits per heavy atom. The maximum Gasteiger partial charge on any atom is 0.329 e. The van der Waals surface area contributed by atoms with Gasteiger partial charge in [0.1, 0.15) is 6.54 Å². The number of carbonyl (C=O) groups excluding carboxylic acids is 3. The Bertz CT molecular complexity index is 650. The van der Waals surface area contributed by atoms with Gasteiger partial charge >= 0.3 is 6.03 Å². The van der Waals surface area contributed by atoms with Gasteiger partial charge in [0.05, 0.1) is 5.60 Å². The van der Waals surface area contributed by atoms with Crippen LogP contribution in [0.2, 0.25) is 0 Å². The highest BCUT2D eigenvalue weighted by atomic mass is 16.3. The van der Waals surface area contributed by atoms with Crippen molar-refractivity contribution in [1.29, 1.82) is 0 Å². The molecule has 128 valence electrons. The molecule has 4 amide bonds. The zero-order valence-corrected chi connectivity index (χ0v) is 13.4. The van der Waals surface area contributed by atoms with Gasteiger partial charge in [0.15, 0.2) is 0 Å². The van der Waals surface area contributed by atoms with Gasteiger partial charge < -0.3 is 10.4 Å². The molecule has 1 saturated heterocycles. The Balaban J connectivity index is 1.59. The number of nitrogens with one attached hydrogen (secondary N) is 2. The van der Waals surface area contributed by atoms with Crippen molar-refractivity contribution in [3.8, 4) is 0 Å². The summed E-state index contributed by atoms with van der Waals surface area (Å²) in [7, 11) is 0. The van der Waals surface area contributed by atoms with Crippen molar-refractivity contribution in [2.75, 3.05) is 18.0 Å². The van der Waals surface area contributed by atoms with Crippen molar-refractivity contribution in [3.05, 3.63) is 29.8 Å². The van der Waals surface area contributed by atoms with Crippen molar-refractivity contribution in [2.24, 2.45) is 0 Å². The van der Waals surface area contributed by atoms with Crippen molar-refractivity contribution in [1.82, 2.24) is 10.6 Å². The maximum absolute atomic E-state index is 12.2. The predicted molar refractivity (Wildman–Crippen MR) is 87.7 cm³/mol. The summed E-state index contributed by atoms with van der Waals surface area (Å²) in [5.74, 6) is -0.606. The predicted octanol–water partition coefficient (Wildman–Crippen LogP) is 1.17. The summed E-state index contributed by atoms with van der Waals surface area (Å²) < 4.78 is 0. The van der Waals surface area contributed by atoms with E-state index in [1.54, 1.807) is 24.3 Å². The van der Waals surface area contributed by atoms with Crippen LogP contribution in [-0.4, -0.2) is 41.6 Å². The molecule has 1 aliphatic carbocycles. The van der Waals surface area contributed by atoms with E-state index in [4.69, 9.17) is 0 Å². The summed E-state index contributed by atoms with van der Waals surface area (Å²) in [4.78, 5) is 36.3. The first-order chi connectivity index (χ1) is 11.5. The lowest BCUT2D eigenvalue weighted by atomic mass is 9.85. The highest BCUT2D eigenvalue weighted by Crippen LogP contribution is 2.27. The van der Waals surface area contributed by atoms with Crippen LogP contribution in [0.3, 0.4) is 0 Å². The lowest BCUT2D eigenvalue weighted by Crippen LogP contribution is -2.44. The molecule has 2 fully saturated rings. The third-order valence-electron chi connectivity index (χ3n) is 4.60. The van der Waals surface area contributed by atoms with Crippen molar-refractivity contribution in [2.45, 2.75) is 37.7 Å². The Morgan fingerprint density at radius 3 is 2.42 bits per heavy atom. The number of urea groups is 1. The normalized spacial score (nSPS) is 20.0. The van der Waals surface area contributed by atoms with Gasteiger partial charge in [-0.15, -0.1) is 0 Å². The molecule has 1 saturated carbocycles. The molecule has 1 heterocycles. The summed E-state index contributed by atoms with van der Waals surface area (Å²) in [6.45, 7) is 0.230. The first kappa shape index (κ1) is 16.4. The van der Waals surface area contributed by atoms with Crippen LogP contribution in [-0.2, 0) is 4.79 Å². The largest absolute Gasteiger partial charge is 0.388 e. The van der Waals surface area contributed by atoms with Gasteiger partial charge in [-0.1, -0.05) is 19.3 Å². The van der Waals surface area contributed by atoms with E-state index in [2.05, 4.69) is 10.6 Å². The van der Waals surface area contributed by atoms with Gasteiger partial charge in [0.25, 0.3) is 5.91 Å². The van der Waals surface area contributed by atoms with E-state index in [1.807, 2.05) is 0 Å². The number of rotatable bonds is 4. The van der Waals surface area contributed by atoms with Gasteiger partial charge in [-0.05, 0) is 37.1 Å². The van der Waals surface area contributed by atoms with E-state index in [0.29, 0.717) is 24.1 Å². The minimum absolute atomic E-state index is 0.0165. The summed E-state index contributed by atoms with van der Waals surface area (Å²) >= 11 is 0. The number of carbonyl (C=O) groups is 3. The number of imide groups is 1. The van der Waals surface area contributed by atoms with Crippen LogP contribution in [0.1, 0.15) is 42.5 Å². The Labute approximate surface area is 140 Å². The molecular weight excluding hydrogens is 310 g/mol. The molecule has 0 atom stereocenters. The molecule has 0 radical (unpaired) electrons. The fourth-order valence-electron chi connectivity index (χ4n) is 3.18. The number of hydrogen-bond donors (Lipinski definition) is 3. The second kappa shape index (κ2) is 6.60. The highest BCUT2D eigenvalue weighted by molar-refractivity contribution is 6.12. The topological polar surface area (TPSA) is 98.7 Å². The summed E-state index contributed by atoms with van der Waals surface area (Å²) in [6, 6.07) is 6.00. The molecule has 1 aliphatic heterocycles. The second-order valence-electron chi connectivity index (χ2n) is 6.45. The van der Waals surface area contributed by atoms with Crippen molar-refractivity contribution in [3.63, 3.8) is 0 Å². The molecule has 3 N–H and O–H groups in total. The Morgan fingerprint density at radius 1 is 1.17 bits per heavy atom. The number of hydrogen-bond acceptors (Lipinski definition) is 4. The number of aliphatic hydroxyl groups is 1. The van der Waals surface area contributed by atoms with E-state index in [-0.39, 0.29) is 24.9 Å². The van der Waals surface area contributed by atoms with Gasteiger partial charge in [0, 0.05) is 17.8 Å². The van der Waals surface area contributed by atoms with Crippen LogP contribution in [0.5, 0.6) is 0 Å². The van der Waals surface area contributed by atoms with Crippen LogP contribution in [0.25, 0.3) is 0 Å². The molecule has 0 unspecified atom stereocenters. The van der Waals surface area contributed by atoms with Crippen LogP contribution >= 0.6 is 0 Å². The number of benzene rings is 1. The third kappa shape index (κ3) is 3.56. The smallest absolute Gasteiger partial charge is 0.329 e. The maximum atomic E-state index is 12.2. The molecule has 0 spiro atoms. The van der Waals surface area contributed by atoms with Crippen LogP contribution in [0.15, 0.2) is 24.3 Å². The van der Waals surface area contributed by atoms with Gasteiger partial charge in [-0.25, -0.2) is 4.79 Å². The van der Waals surface area contributed by atoms with Crippen LogP contribution in [0, 0.1) is 0 Å². The van der Waals surface area contributed by atoms with Gasteiger partial charge in [-0.2, -0.15) is 0 Å². The summed E-state index contributed by atoms with van der Waals surface area (Å²) in [6.07, 6.45) is 4.52. The molecule has 2 aliphatic rings. The first-order valence-corrected chi connectivity index (χ1v) is 8.19. The highest BCUT2D eigenvalue weighted by Gasteiger charge is 2.30. The minimum Gasteiger partial charge on any atom is -0.388 e. The molecule has 1 aromatic carbocycles. The monoisotopic (exact) mass is 331 g/mol. The molecule has 7 heteroatoms. The zero-order valence-electron chi connectivity index (χ0n) is 13.4. The van der Waals surface area contributed by atoms with Crippen LogP contribution in [0.4, 0.5) is 10.5 Å². The molecule has 7 nitrogen and oxygen atoms in total. The molecular formula is C17H21N3O4. The Kier molecular flexibility index (Phi) is 4.53. The average Bonchev–Trinajstić information content (AvgIpc) is 2.92. The van der Waals surface area contributed by atoms with E-state index in [0.717, 1.165) is 19.3 Å². The summed E-state index contributed by atoms with van der Waals surface area (Å²) in [5, 5.41) is 15.4. The number of amides is 4. The number of anilines is 1. The lowest BCUT2D eigenvalue weighted by Gasteiger charge is -2.32. The fraction of sp³-hybridized carbons (Fsp3) is 0.471. The van der Waals surface area contributed by atoms with Gasteiger partial charge in [0.2, 0.25) is 5.91 Å². The van der Waals surface area contributed by atoms with E-state index < -0.39 is 11.6 Å². The average molecular weight is 331 g/mol. The van der Waals surface area contributed by atoms with Crippen molar-refractivity contribution < 1.29 is 19.5 Å². The van der Waals surface area contributed by atoms with E-state index in [9.17, 15) is 19.5 Å².